The van der Waals surface area contributed by atoms with Gasteiger partial charge in [-0.2, -0.15) is 0 Å². The maximum Gasteiger partial charge on any atom is 0.0945 e. The molecule has 1 atom stereocenters. The van der Waals surface area contributed by atoms with Gasteiger partial charge in [0.2, 0.25) is 0 Å². The van der Waals surface area contributed by atoms with Crippen molar-refractivity contribution in [3.05, 3.63) is 16.1 Å². The molecule has 0 bridgehead atoms. The third-order valence-electron chi connectivity index (χ3n) is 4.29. The smallest absolute Gasteiger partial charge is 0.0945 e. The summed E-state index contributed by atoms with van der Waals surface area (Å²) in [7, 11) is 3.87. The Morgan fingerprint density at radius 1 is 1.47 bits per heavy atom. The number of nitrogens with zero attached hydrogens (tertiary/aromatic N) is 1. The molecule has 0 aromatic carbocycles. The van der Waals surface area contributed by atoms with Gasteiger partial charge in [-0.05, 0) is 26.3 Å². The molecule has 1 fully saturated rings. The van der Waals surface area contributed by atoms with Crippen LogP contribution in [0.2, 0.25) is 0 Å². The summed E-state index contributed by atoms with van der Waals surface area (Å²) in [5.41, 5.74) is 1.36. The summed E-state index contributed by atoms with van der Waals surface area (Å²) in [6, 6.07) is 0.366. The molecule has 1 unspecified atom stereocenters. The van der Waals surface area contributed by atoms with Crippen LogP contribution in [0.1, 0.15) is 50.7 Å². The number of aromatic nitrogens is 1. The second-order valence-corrected chi connectivity index (χ2v) is 7.49. The lowest BCUT2D eigenvalue weighted by molar-refractivity contribution is -0.0966. The highest BCUT2D eigenvalue weighted by molar-refractivity contribution is 7.09. The van der Waals surface area contributed by atoms with Crippen LogP contribution in [0.5, 0.6) is 0 Å². The summed E-state index contributed by atoms with van der Waals surface area (Å²) in [6.45, 7) is 6.64. The van der Waals surface area contributed by atoms with Gasteiger partial charge in [-0.1, -0.05) is 20.8 Å². The molecule has 1 heterocycles. The zero-order chi connectivity index (χ0) is 14.1. The van der Waals surface area contributed by atoms with Crippen LogP contribution >= 0.6 is 11.3 Å². The lowest BCUT2D eigenvalue weighted by atomic mass is 9.73. The summed E-state index contributed by atoms with van der Waals surface area (Å²) in [5.74, 6) is 0. The Bertz CT molecular complexity index is 413. The van der Waals surface area contributed by atoms with E-state index in [4.69, 9.17) is 9.72 Å². The zero-order valence-electron chi connectivity index (χ0n) is 12.7. The maximum atomic E-state index is 5.79. The van der Waals surface area contributed by atoms with Gasteiger partial charge in [-0.25, -0.2) is 4.98 Å². The molecule has 1 aliphatic carbocycles. The second-order valence-electron chi connectivity index (χ2n) is 6.54. The second kappa shape index (κ2) is 5.51. The molecule has 0 spiro atoms. The third kappa shape index (κ3) is 3.01. The predicted molar refractivity (Wildman–Crippen MR) is 81.0 cm³/mol. The summed E-state index contributed by atoms with van der Waals surface area (Å²) < 4.78 is 5.79. The zero-order valence-corrected chi connectivity index (χ0v) is 13.6. The van der Waals surface area contributed by atoms with Crippen LogP contribution in [0.25, 0.3) is 0 Å². The summed E-state index contributed by atoms with van der Waals surface area (Å²) >= 11 is 1.77. The Balaban J connectivity index is 2.08. The van der Waals surface area contributed by atoms with Crippen molar-refractivity contribution in [3.63, 3.8) is 0 Å². The number of thiazole rings is 1. The van der Waals surface area contributed by atoms with Gasteiger partial charge in [-0.15, -0.1) is 11.3 Å². The summed E-state index contributed by atoms with van der Waals surface area (Å²) in [6.07, 6.45) is 4.56. The van der Waals surface area contributed by atoms with Gasteiger partial charge in [0.1, 0.15) is 0 Å². The van der Waals surface area contributed by atoms with Crippen LogP contribution in [0.3, 0.4) is 0 Å². The van der Waals surface area contributed by atoms with E-state index in [-0.39, 0.29) is 11.0 Å². The van der Waals surface area contributed by atoms with E-state index >= 15 is 0 Å². The molecule has 2 rings (SSSR count). The SMILES string of the molecule is CNC(Cc1nc(C(C)(C)C)cs1)C1(OC)CCC1. The normalized spacial score (nSPS) is 20.1. The molecule has 4 heteroatoms. The molecule has 0 aliphatic heterocycles. The first-order valence-electron chi connectivity index (χ1n) is 7.08. The fourth-order valence-electron chi connectivity index (χ4n) is 2.69. The summed E-state index contributed by atoms with van der Waals surface area (Å²) in [5, 5.41) is 6.85. The lowest BCUT2D eigenvalue weighted by Gasteiger charge is -2.46. The molecule has 19 heavy (non-hydrogen) atoms. The number of rotatable bonds is 5. The monoisotopic (exact) mass is 282 g/mol. The van der Waals surface area contributed by atoms with Gasteiger partial charge in [-0.3, -0.25) is 0 Å². The van der Waals surface area contributed by atoms with E-state index < -0.39 is 0 Å². The van der Waals surface area contributed by atoms with Crippen LogP contribution in [0.4, 0.5) is 0 Å². The fraction of sp³-hybridized carbons (Fsp3) is 0.800. The third-order valence-corrected chi connectivity index (χ3v) is 5.16. The van der Waals surface area contributed by atoms with Crippen molar-refractivity contribution in [1.82, 2.24) is 10.3 Å². The van der Waals surface area contributed by atoms with Crippen LogP contribution in [0.15, 0.2) is 5.38 Å². The first-order valence-corrected chi connectivity index (χ1v) is 7.96. The van der Waals surface area contributed by atoms with E-state index in [0.717, 1.165) is 19.3 Å². The topological polar surface area (TPSA) is 34.2 Å². The minimum Gasteiger partial charge on any atom is -0.377 e. The molecule has 1 aromatic rings. The Morgan fingerprint density at radius 3 is 2.53 bits per heavy atom. The number of nitrogens with one attached hydrogen (secondary N) is 1. The van der Waals surface area contributed by atoms with Crippen molar-refractivity contribution < 1.29 is 4.74 Å². The fourth-order valence-corrected chi connectivity index (χ4v) is 3.76. The van der Waals surface area contributed by atoms with Gasteiger partial charge >= 0.3 is 0 Å². The van der Waals surface area contributed by atoms with Crippen molar-refractivity contribution in [3.8, 4) is 0 Å². The molecular formula is C15H26N2OS. The average molecular weight is 282 g/mol. The number of ether oxygens (including phenoxy) is 1. The van der Waals surface area contributed by atoms with E-state index in [0.29, 0.717) is 6.04 Å². The van der Waals surface area contributed by atoms with Crippen LogP contribution in [-0.4, -0.2) is 30.8 Å². The van der Waals surface area contributed by atoms with Gasteiger partial charge in [0, 0.05) is 30.4 Å². The highest BCUT2D eigenvalue weighted by atomic mass is 32.1. The Kier molecular flexibility index (Phi) is 4.33. The van der Waals surface area contributed by atoms with Crippen molar-refractivity contribution in [2.45, 2.75) is 63.5 Å². The number of hydrogen-bond acceptors (Lipinski definition) is 4. The van der Waals surface area contributed by atoms with Gasteiger partial charge in [0.05, 0.1) is 16.3 Å². The van der Waals surface area contributed by atoms with Gasteiger partial charge < -0.3 is 10.1 Å². The molecule has 1 aromatic heterocycles. The van der Waals surface area contributed by atoms with E-state index in [1.54, 1.807) is 11.3 Å². The van der Waals surface area contributed by atoms with Crippen LogP contribution < -0.4 is 5.32 Å². The predicted octanol–water partition coefficient (Wildman–Crippen LogP) is 3.14. The van der Waals surface area contributed by atoms with E-state index in [9.17, 15) is 0 Å². The minimum absolute atomic E-state index is 0.0301. The van der Waals surface area contributed by atoms with Crippen LogP contribution in [-0.2, 0) is 16.6 Å². The average Bonchev–Trinajstić information content (AvgIpc) is 2.75. The van der Waals surface area contributed by atoms with E-state index in [1.807, 2.05) is 14.2 Å². The summed E-state index contributed by atoms with van der Waals surface area (Å²) in [4.78, 5) is 4.80. The molecule has 1 aliphatic rings. The molecular weight excluding hydrogens is 256 g/mol. The molecule has 0 saturated heterocycles. The Labute approximate surface area is 120 Å². The van der Waals surface area contributed by atoms with Gasteiger partial charge in [0.25, 0.3) is 0 Å². The molecule has 0 radical (unpaired) electrons. The number of methoxy groups -OCH3 is 1. The highest BCUT2D eigenvalue weighted by Gasteiger charge is 2.44. The molecule has 0 amide bonds. The maximum absolute atomic E-state index is 5.79. The van der Waals surface area contributed by atoms with Crippen molar-refractivity contribution in [2.24, 2.45) is 0 Å². The van der Waals surface area contributed by atoms with Crippen molar-refractivity contribution in [1.29, 1.82) is 0 Å². The quantitative estimate of drug-likeness (QED) is 0.901. The first kappa shape index (κ1) is 14.9. The molecule has 1 N–H and O–H groups in total. The first-order chi connectivity index (χ1) is 8.91. The largest absolute Gasteiger partial charge is 0.377 e. The van der Waals surface area contributed by atoms with Gasteiger partial charge in [0.15, 0.2) is 0 Å². The molecule has 1 saturated carbocycles. The molecule has 108 valence electrons. The Morgan fingerprint density at radius 2 is 2.16 bits per heavy atom. The lowest BCUT2D eigenvalue weighted by Crippen LogP contribution is -2.56. The van der Waals surface area contributed by atoms with E-state index in [2.05, 4.69) is 31.5 Å². The molecule has 3 nitrogen and oxygen atoms in total. The van der Waals surface area contributed by atoms with Crippen molar-refractivity contribution in [2.75, 3.05) is 14.2 Å². The van der Waals surface area contributed by atoms with Crippen molar-refractivity contribution >= 4 is 11.3 Å². The highest BCUT2D eigenvalue weighted by Crippen LogP contribution is 2.39. The number of hydrogen-bond donors (Lipinski definition) is 1. The minimum atomic E-state index is 0.0301. The van der Waals surface area contributed by atoms with Crippen LogP contribution in [0, 0.1) is 0 Å². The standard InChI is InChI=1S/C15H26N2OS/c1-14(2,3)12-10-19-13(17-12)9-11(16-4)15(18-5)7-6-8-15/h10-11,16H,6-9H2,1-5H3. The van der Waals surface area contributed by atoms with E-state index in [1.165, 1.54) is 17.1 Å². The number of likely N-dealkylation sites (N-methyl/N-ethyl adjacent to an activating group) is 1. The Hall–Kier alpha value is -0.450.